The van der Waals surface area contributed by atoms with Gasteiger partial charge in [-0.2, -0.15) is 0 Å². The van der Waals surface area contributed by atoms with Crippen molar-refractivity contribution in [3.05, 3.63) is 59.1 Å². The molecule has 30 heavy (non-hydrogen) atoms. The molecule has 2 aliphatic rings. The van der Waals surface area contributed by atoms with Crippen molar-refractivity contribution in [3.63, 3.8) is 0 Å². The number of anilines is 3. The average Bonchev–Trinajstić information content (AvgIpc) is 2.97. The van der Waals surface area contributed by atoms with E-state index in [-0.39, 0.29) is 16.5 Å². The lowest BCUT2D eigenvalue weighted by Gasteiger charge is -2.29. The summed E-state index contributed by atoms with van der Waals surface area (Å²) in [6.45, 7) is 3.46. The number of nitrogens with zero attached hydrogens (tertiary/aromatic N) is 2. The van der Waals surface area contributed by atoms with Crippen molar-refractivity contribution in [1.82, 2.24) is 0 Å². The van der Waals surface area contributed by atoms with Crippen LogP contribution >= 0.6 is 11.6 Å². The Morgan fingerprint density at radius 3 is 2.07 bits per heavy atom. The molecule has 2 aliphatic heterocycles. The minimum Gasteiger partial charge on any atom is -0.372 e. The van der Waals surface area contributed by atoms with Gasteiger partial charge in [-0.05, 0) is 61.2 Å². The number of amides is 3. The Balaban J connectivity index is 1.56. The molecule has 3 amide bonds. The molecule has 0 saturated carbocycles. The van der Waals surface area contributed by atoms with Crippen LogP contribution in [0.4, 0.5) is 17.1 Å². The van der Waals surface area contributed by atoms with Crippen molar-refractivity contribution >= 4 is 52.0 Å². The fourth-order valence-electron chi connectivity index (χ4n) is 3.88. The predicted molar refractivity (Wildman–Crippen MR) is 119 cm³/mol. The van der Waals surface area contributed by atoms with Gasteiger partial charge in [-0.3, -0.25) is 14.4 Å². The van der Waals surface area contributed by atoms with Crippen LogP contribution in [0.1, 0.15) is 31.7 Å². The molecule has 1 N–H and O–H groups in total. The lowest BCUT2D eigenvalue weighted by Crippen LogP contribution is -2.31. The van der Waals surface area contributed by atoms with Gasteiger partial charge in [0.15, 0.2) is 0 Å². The summed E-state index contributed by atoms with van der Waals surface area (Å²) in [5.41, 5.74) is 2.88. The van der Waals surface area contributed by atoms with Crippen molar-refractivity contribution in [2.45, 2.75) is 26.2 Å². The fraction of sp³-hybridized carbons (Fsp3) is 0.261. The second kappa shape index (κ2) is 8.32. The molecule has 2 aromatic carbocycles. The highest BCUT2D eigenvalue weighted by molar-refractivity contribution is 6.60. The van der Waals surface area contributed by atoms with Gasteiger partial charge in [0, 0.05) is 31.4 Å². The first-order valence-corrected chi connectivity index (χ1v) is 10.3. The Hall–Kier alpha value is -3.12. The Bertz CT molecular complexity index is 1020. The summed E-state index contributed by atoms with van der Waals surface area (Å²) in [7, 11) is 0. The first-order valence-electron chi connectivity index (χ1n) is 9.97. The molecule has 2 aromatic rings. The average molecular weight is 424 g/mol. The van der Waals surface area contributed by atoms with E-state index in [2.05, 4.69) is 10.2 Å². The number of nitrogens with one attached hydrogen (secondary N) is 1. The maximum atomic E-state index is 13.1. The van der Waals surface area contributed by atoms with E-state index >= 15 is 0 Å². The molecule has 0 spiro atoms. The minimum atomic E-state index is -0.534. The molecule has 7 heteroatoms. The molecule has 154 valence electrons. The Morgan fingerprint density at radius 2 is 1.47 bits per heavy atom. The summed E-state index contributed by atoms with van der Waals surface area (Å²) in [5.74, 6) is -1.18. The molecular weight excluding hydrogens is 402 g/mol. The van der Waals surface area contributed by atoms with Crippen LogP contribution < -0.4 is 15.1 Å². The Kier molecular flexibility index (Phi) is 5.59. The Labute approximate surface area is 180 Å². The zero-order chi connectivity index (χ0) is 21.3. The molecule has 0 unspecified atom stereocenters. The van der Waals surface area contributed by atoms with Crippen molar-refractivity contribution in [2.24, 2.45) is 0 Å². The third-order valence-electron chi connectivity index (χ3n) is 5.35. The van der Waals surface area contributed by atoms with Gasteiger partial charge in [-0.15, -0.1) is 0 Å². The lowest BCUT2D eigenvalue weighted by molar-refractivity contribution is -0.120. The van der Waals surface area contributed by atoms with E-state index in [1.54, 1.807) is 36.4 Å². The maximum absolute atomic E-state index is 13.1. The van der Waals surface area contributed by atoms with Crippen molar-refractivity contribution < 1.29 is 14.4 Å². The molecule has 0 bridgehead atoms. The van der Waals surface area contributed by atoms with Gasteiger partial charge in [0.25, 0.3) is 11.8 Å². The van der Waals surface area contributed by atoms with Gasteiger partial charge in [0.2, 0.25) is 5.91 Å². The van der Waals surface area contributed by atoms with Gasteiger partial charge in [-0.1, -0.05) is 23.7 Å². The topological polar surface area (TPSA) is 69.7 Å². The number of carbonyl (C=O) groups excluding carboxylic acids is 3. The molecular formula is C23H22ClN3O3. The molecule has 6 nitrogen and oxygen atoms in total. The quantitative estimate of drug-likeness (QED) is 0.750. The standard InChI is InChI=1S/C23H22ClN3O3/c1-15(28)25-17-7-5-16(6-8-17)20-21(24)23(30)27(22(20)29)19-11-9-18(10-12-19)26-13-3-2-4-14-26/h5-12H,2-4,13-14H2,1H3,(H,25,28). The highest BCUT2D eigenvalue weighted by Crippen LogP contribution is 2.36. The van der Waals surface area contributed by atoms with Crippen LogP contribution in [0.3, 0.4) is 0 Å². The fourth-order valence-corrected chi connectivity index (χ4v) is 4.15. The number of rotatable bonds is 4. The lowest BCUT2D eigenvalue weighted by atomic mass is 10.1. The minimum absolute atomic E-state index is 0.104. The zero-order valence-electron chi connectivity index (χ0n) is 16.7. The van der Waals surface area contributed by atoms with E-state index in [1.807, 2.05) is 12.1 Å². The third-order valence-corrected chi connectivity index (χ3v) is 5.70. The van der Waals surface area contributed by atoms with E-state index < -0.39 is 11.8 Å². The van der Waals surface area contributed by atoms with Gasteiger partial charge in [0.05, 0.1) is 11.3 Å². The van der Waals surface area contributed by atoms with Crippen LogP contribution in [-0.4, -0.2) is 30.8 Å². The number of piperidine rings is 1. The zero-order valence-corrected chi connectivity index (χ0v) is 17.4. The van der Waals surface area contributed by atoms with Crippen LogP contribution in [0.2, 0.25) is 0 Å². The van der Waals surface area contributed by atoms with E-state index in [0.29, 0.717) is 16.9 Å². The van der Waals surface area contributed by atoms with E-state index in [4.69, 9.17) is 11.6 Å². The molecule has 2 heterocycles. The largest absolute Gasteiger partial charge is 0.372 e. The van der Waals surface area contributed by atoms with E-state index in [0.717, 1.165) is 23.7 Å². The first kappa shape index (κ1) is 20.2. The number of imide groups is 1. The van der Waals surface area contributed by atoms with Crippen molar-refractivity contribution in [1.29, 1.82) is 0 Å². The number of benzene rings is 2. The molecule has 1 saturated heterocycles. The summed E-state index contributed by atoms with van der Waals surface area (Å²) in [4.78, 5) is 40.4. The molecule has 0 radical (unpaired) electrons. The molecule has 0 aliphatic carbocycles. The monoisotopic (exact) mass is 423 g/mol. The van der Waals surface area contributed by atoms with Gasteiger partial charge in [-0.25, -0.2) is 4.90 Å². The van der Waals surface area contributed by atoms with Crippen LogP contribution in [0.15, 0.2) is 53.6 Å². The van der Waals surface area contributed by atoms with Crippen molar-refractivity contribution in [2.75, 3.05) is 28.2 Å². The second-order valence-electron chi connectivity index (χ2n) is 7.46. The molecule has 0 atom stereocenters. The highest BCUT2D eigenvalue weighted by atomic mass is 35.5. The van der Waals surface area contributed by atoms with Crippen LogP contribution in [0.25, 0.3) is 5.57 Å². The van der Waals surface area contributed by atoms with E-state index in [9.17, 15) is 14.4 Å². The number of halogens is 1. The maximum Gasteiger partial charge on any atom is 0.277 e. The van der Waals surface area contributed by atoms with Gasteiger partial charge < -0.3 is 10.2 Å². The second-order valence-corrected chi connectivity index (χ2v) is 7.84. The predicted octanol–water partition coefficient (Wildman–Crippen LogP) is 4.16. The van der Waals surface area contributed by atoms with Crippen molar-refractivity contribution in [3.8, 4) is 0 Å². The van der Waals surface area contributed by atoms with Gasteiger partial charge >= 0.3 is 0 Å². The van der Waals surface area contributed by atoms with Gasteiger partial charge in [0.1, 0.15) is 5.03 Å². The SMILES string of the molecule is CC(=O)Nc1ccc(C2=C(Cl)C(=O)N(c3ccc(N4CCCCC4)cc3)C2=O)cc1. The van der Waals surface area contributed by atoms with Crippen LogP contribution in [0.5, 0.6) is 0 Å². The normalized spacial score (nSPS) is 17.0. The summed E-state index contributed by atoms with van der Waals surface area (Å²) >= 11 is 6.27. The molecule has 4 rings (SSSR count). The molecule has 1 fully saturated rings. The summed E-state index contributed by atoms with van der Waals surface area (Å²) < 4.78 is 0. The summed E-state index contributed by atoms with van der Waals surface area (Å²) in [5, 5.41) is 2.56. The summed E-state index contributed by atoms with van der Waals surface area (Å²) in [6.07, 6.45) is 3.60. The molecule has 0 aromatic heterocycles. The smallest absolute Gasteiger partial charge is 0.277 e. The third kappa shape index (κ3) is 3.83. The highest BCUT2D eigenvalue weighted by Gasteiger charge is 2.39. The number of hydrogen-bond donors (Lipinski definition) is 1. The Morgan fingerprint density at radius 1 is 0.867 bits per heavy atom. The number of hydrogen-bond acceptors (Lipinski definition) is 4. The van der Waals surface area contributed by atoms with Crippen LogP contribution in [-0.2, 0) is 14.4 Å². The van der Waals surface area contributed by atoms with Crippen LogP contribution in [0, 0.1) is 0 Å². The first-order chi connectivity index (χ1) is 14.5. The summed E-state index contributed by atoms with van der Waals surface area (Å²) in [6, 6.07) is 14.1. The number of carbonyl (C=O) groups is 3. The van der Waals surface area contributed by atoms with E-state index in [1.165, 1.54) is 26.2 Å².